The van der Waals surface area contributed by atoms with Gasteiger partial charge in [0.15, 0.2) is 11.2 Å². The smallest absolute Gasteiger partial charge is 0.228 e. The van der Waals surface area contributed by atoms with Gasteiger partial charge in [0.05, 0.1) is 11.1 Å². The van der Waals surface area contributed by atoms with Gasteiger partial charge in [-0.15, -0.1) is 0 Å². The van der Waals surface area contributed by atoms with Crippen LogP contribution in [0.2, 0.25) is 0 Å². The van der Waals surface area contributed by atoms with Gasteiger partial charge >= 0.3 is 0 Å². The third-order valence-corrected chi connectivity index (χ3v) is 8.14. The van der Waals surface area contributed by atoms with E-state index in [1.54, 1.807) is 0 Å². The van der Waals surface area contributed by atoms with E-state index < -0.39 is 0 Å². The summed E-state index contributed by atoms with van der Waals surface area (Å²) in [5.41, 5.74) is 6.92. The summed E-state index contributed by atoms with van der Waals surface area (Å²) in [6.07, 6.45) is 0. The molecule has 0 aliphatic rings. The molecule has 0 spiro atoms. The highest BCUT2D eigenvalue weighted by Gasteiger charge is 2.26. The Hall–Kier alpha value is -5.74. The molecule has 4 nitrogen and oxygen atoms in total. The van der Waals surface area contributed by atoms with E-state index in [4.69, 9.17) is 18.8 Å². The summed E-state index contributed by atoms with van der Waals surface area (Å²) in [7, 11) is 0. The highest BCUT2D eigenvalue weighted by molar-refractivity contribution is 6.19. The first-order valence-electron chi connectivity index (χ1n) is 14.0. The van der Waals surface area contributed by atoms with Gasteiger partial charge in [-0.05, 0) is 68.2 Å². The first-order chi connectivity index (χ1) is 20.8. The second-order valence-corrected chi connectivity index (χ2v) is 10.6. The maximum atomic E-state index is 6.52. The fourth-order valence-corrected chi connectivity index (χ4v) is 6.24. The molecule has 9 aromatic rings. The second-order valence-electron chi connectivity index (χ2n) is 10.6. The van der Waals surface area contributed by atoms with Crippen LogP contribution in [0.25, 0.3) is 88.6 Å². The molecule has 7 aromatic carbocycles. The number of aromatic nitrogens is 2. The van der Waals surface area contributed by atoms with Gasteiger partial charge in [-0.1, -0.05) is 103 Å². The molecule has 42 heavy (non-hydrogen) atoms. The maximum Gasteiger partial charge on any atom is 0.228 e. The lowest BCUT2D eigenvalue weighted by molar-refractivity contribution is 0.612. The van der Waals surface area contributed by atoms with Gasteiger partial charge in [0.2, 0.25) is 11.8 Å². The number of nitrogens with zero attached hydrogens (tertiary/aromatic N) is 2. The van der Waals surface area contributed by atoms with E-state index in [9.17, 15) is 0 Å². The Labute approximate surface area is 240 Å². The molecule has 0 bridgehead atoms. The van der Waals surface area contributed by atoms with Gasteiger partial charge in [-0.25, -0.2) is 9.97 Å². The maximum absolute atomic E-state index is 6.52. The van der Waals surface area contributed by atoms with Crippen LogP contribution < -0.4 is 0 Å². The average Bonchev–Trinajstić information content (AvgIpc) is 3.68. The van der Waals surface area contributed by atoms with Crippen molar-refractivity contribution in [1.82, 2.24) is 9.97 Å². The summed E-state index contributed by atoms with van der Waals surface area (Å²) in [6.45, 7) is 0. The highest BCUT2D eigenvalue weighted by Crippen LogP contribution is 2.48. The Morgan fingerprint density at radius 3 is 1.74 bits per heavy atom. The molecule has 0 aliphatic carbocycles. The topological polar surface area (TPSA) is 52.1 Å². The lowest BCUT2D eigenvalue weighted by atomic mass is 9.85. The van der Waals surface area contributed by atoms with Gasteiger partial charge in [0, 0.05) is 5.56 Å². The fraction of sp³-hybridized carbons (Fsp3) is 0. The van der Waals surface area contributed by atoms with Crippen molar-refractivity contribution in [1.29, 1.82) is 0 Å². The molecule has 0 aliphatic heterocycles. The van der Waals surface area contributed by atoms with Crippen LogP contribution in [-0.2, 0) is 0 Å². The molecule has 2 heterocycles. The number of hydrogen-bond acceptors (Lipinski definition) is 4. The van der Waals surface area contributed by atoms with Gasteiger partial charge in [-0.2, -0.15) is 0 Å². The van der Waals surface area contributed by atoms with Crippen molar-refractivity contribution < 1.29 is 8.83 Å². The van der Waals surface area contributed by atoms with Crippen LogP contribution in [-0.4, -0.2) is 9.97 Å². The summed E-state index contributed by atoms with van der Waals surface area (Å²) in [5.74, 6) is 1.07. The lowest BCUT2D eigenvalue weighted by Gasteiger charge is -2.18. The lowest BCUT2D eigenvalue weighted by Crippen LogP contribution is -1.95. The Bertz CT molecular complexity index is 2410. The minimum Gasteiger partial charge on any atom is -0.436 e. The average molecular weight is 539 g/mol. The number of para-hydroxylation sites is 4. The minimum absolute atomic E-state index is 0.532. The van der Waals surface area contributed by atoms with Crippen LogP contribution in [0.1, 0.15) is 0 Å². The summed E-state index contributed by atoms with van der Waals surface area (Å²) >= 11 is 0. The molecule has 0 radical (unpaired) electrons. The molecular weight excluding hydrogens is 516 g/mol. The highest BCUT2D eigenvalue weighted by atomic mass is 16.4. The molecule has 0 N–H and O–H groups in total. The van der Waals surface area contributed by atoms with Crippen LogP contribution in [0, 0.1) is 0 Å². The van der Waals surface area contributed by atoms with Crippen molar-refractivity contribution in [3.05, 3.63) is 133 Å². The molecule has 2 aromatic heterocycles. The summed E-state index contributed by atoms with van der Waals surface area (Å²) in [4.78, 5) is 9.99. The van der Waals surface area contributed by atoms with E-state index in [0.29, 0.717) is 11.8 Å². The number of fused-ring (bicyclic) bond motifs is 6. The Kier molecular flexibility index (Phi) is 4.87. The molecule has 4 heteroatoms. The van der Waals surface area contributed by atoms with Crippen molar-refractivity contribution >= 4 is 54.5 Å². The third-order valence-electron chi connectivity index (χ3n) is 8.14. The number of rotatable bonds is 3. The van der Waals surface area contributed by atoms with E-state index >= 15 is 0 Å². The molecule has 0 saturated carbocycles. The van der Waals surface area contributed by atoms with Crippen LogP contribution in [0.15, 0.2) is 142 Å². The summed E-state index contributed by atoms with van der Waals surface area (Å²) < 4.78 is 13.0. The molecule has 0 saturated heterocycles. The van der Waals surface area contributed by atoms with E-state index in [2.05, 4.69) is 84.9 Å². The molecule has 9 rings (SSSR count). The Morgan fingerprint density at radius 1 is 0.381 bits per heavy atom. The van der Waals surface area contributed by atoms with E-state index in [1.807, 2.05) is 48.5 Å². The normalized spacial score (nSPS) is 11.8. The van der Waals surface area contributed by atoms with E-state index in [-0.39, 0.29) is 0 Å². The van der Waals surface area contributed by atoms with Gasteiger partial charge < -0.3 is 8.83 Å². The minimum atomic E-state index is 0.532. The molecule has 0 unspecified atom stereocenters. The third kappa shape index (κ3) is 3.42. The zero-order valence-electron chi connectivity index (χ0n) is 22.4. The van der Waals surface area contributed by atoms with Crippen molar-refractivity contribution in [2.45, 2.75) is 0 Å². The first-order valence-corrected chi connectivity index (χ1v) is 14.0. The summed E-state index contributed by atoms with van der Waals surface area (Å²) in [6, 6.07) is 45.8. The first kappa shape index (κ1) is 23.0. The van der Waals surface area contributed by atoms with Gasteiger partial charge in [0.25, 0.3) is 0 Å². The van der Waals surface area contributed by atoms with Crippen LogP contribution in [0.5, 0.6) is 0 Å². The van der Waals surface area contributed by atoms with Gasteiger partial charge in [-0.3, -0.25) is 0 Å². The molecular formula is C38H22N2O2. The SMILES string of the molecule is c1ccc2c(-c3c(-c4nc5ccccc5o4)c(-c4nc5ccccc5o4)cc4c3ccc3ccccc34)cccc2c1. The zero-order chi connectivity index (χ0) is 27.6. The van der Waals surface area contributed by atoms with Crippen LogP contribution in [0.3, 0.4) is 0 Å². The molecule has 0 amide bonds. The number of benzene rings is 7. The van der Waals surface area contributed by atoms with Crippen molar-refractivity contribution in [2.24, 2.45) is 0 Å². The largest absolute Gasteiger partial charge is 0.436 e. The van der Waals surface area contributed by atoms with Crippen molar-refractivity contribution in [2.75, 3.05) is 0 Å². The van der Waals surface area contributed by atoms with Crippen molar-refractivity contribution in [3.8, 4) is 34.0 Å². The summed E-state index contributed by atoms with van der Waals surface area (Å²) in [5, 5.41) is 6.89. The van der Waals surface area contributed by atoms with Gasteiger partial charge in [0.1, 0.15) is 11.0 Å². The monoisotopic (exact) mass is 538 g/mol. The fourth-order valence-electron chi connectivity index (χ4n) is 6.24. The Morgan fingerprint density at radius 2 is 0.976 bits per heavy atom. The van der Waals surface area contributed by atoms with Crippen LogP contribution >= 0.6 is 0 Å². The molecule has 0 fully saturated rings. The molecule has 196 valence electrons. The number of hydrogen-bond donors (Lipinski definition) is 0. The van der Waals surface area contributed by atoms with E-state index in [0.717, 1.165) is 66.0 Å². The van der Waals surface area contributed by atoms with Crippen LogP contribution in [0.4, 0.5) is 0 Å². The quantitative estimate of drug-likeness (QED) is 0.210. The van der Waals surface area contributed by atoms with E-state index in [1.165, 1.54) is 10.8 Å². The molecule has 0 atom stereocenters. The predicted octanol–water partition coefficient (Wildman–Crippen LogP) is 10.4. The number of oxazole rings is 2. The standard InChI is InChI=1S/C38H22N2O2/c1-3-13-25-23(10-1)12-9-15-27(25)35-28-21-20-24-11-2-4-14-26(24)29(28)22-30(37-39-31-16-5-7-18-33(31)41-37)36(35)38-40-32-17-6-8-19-34(32)42-38/h1-22H. The van der Waals surface area contributed by atoms with Crippen molar-refractivity contribution in [3.63, 3.8) is 0 Å². The second kappa shape index (κ2) is 8.88. The Balaban J connectivity index is 1.52. The predicted molar refractivity (Wildman–Crippen MR) is 170 cm³/mol. The zero-order valence-corrected chi connectivity index (χ0v) is 22.4.